The normalized spacial score (nSPS) is 12.5. The lowest BCUT2D eigenvalue weighted by Gasteiger charge is -2.11. The van der Waals surface area contributed by atoms with Crippen LogP contribution >= 0.6 is 0 Å². The van der Waals surface area contributed by atoms with Gasteiger partial charge in [0.25, 0.3) is 0 Å². The van der Waals surface area contributed by atoms with Crippen LogP contribution in [0.25, 0.3) is 10.9 Å². The number of benzene rings is 2. The number of hydrogen-bond acceptors (Lipinski definition) is 2. The number of Topliss-reactive ketones (excluding diaryl/α,β-unsaturated/α-hetero) is 1. The van der Waals surface area contributed by atoms with Crippen molar-refractivity contribution < 1.29 is 4.79 Å². The first-order valence-corrected chi connectivity index (χ1v) is 6.17. The predicted molar refractivity (Wildman–Crippen MR) is 76.0 cm³/mol. The number of nitrogens with two attached hydrogens (primary N) is 1. The van der Waals surface area contributed by atoms with Crippen molar-refractivity contribution in [1.29, 1.82) is 0 Å². The average Bonchev–Trinajstić information content (AvgIpc) is 2.94. The zero-order valence-electron chi connectivity index (χ0n) is 10.3. The summed E-state index contributed by atoms with van der Waals surface area (Å²) in [6.07, 6.45) is 1.86. The summed E-state index contributed by atoms with van der Waals surface area (Å²) in [5, 5.41) is 1.02. The van der Waals surface area contributed by atoms with Gasteiger partial charge in [0, 0.05) is 22.7 Å². The van der Waals surface area contributed by atoms with Gasteiger partial charge in [-0.2, -0.15) is 0 Å². The van der Waals surface area contributed by atoms with Crippen LogP contribution in [0.2, 0.25) is 0 Å². The fraction of sp³-hybridized carbons (Fsp3) is 0.0625. The summed E-state index contributed by atoms with van der Waals surface area (Å²) in [6, 6.07) is 16.3. The smallest absolute Gasteiger partial charge is 0.184 e. The van der Waals surface area contributed by atoms with Crippen LogP contribution in [-0.2, 0) is 0 Å². The Bertz CT molecular complexity index is 716. The summed E-state index contributed by atoms with van der Waals surface area (Å²) in [6.45, 7) is 0. The molecular formula is C16H14N2O. The Hall–Kier alpha value is -2.39. The minimum Gasteiger partial charge on any atom is -0.361 e. The van der Waals surface area contributed by atoms with E-state index < -0.39 is 6.04 Å². The first-order valence-electron chi connectivity index (χ1n) is 6.17. The maximum absolute atomic E-state index is 12.4. The van der Waals surface area contributed by atoms with Crippen LogP contribution in [0, 0.1) is 0 Å². The Balaban J connectivity index is 1.95. The first kappa shape index (κ1) is 11.7. The van der Waals surface area contributed by atoms with Crippen molar-refractivity contribution in [3.63, 3.8) is 0 Å². The van der Waals surface area contributed by atoms with Gasteiger partial charge in [-0.15, -0.1) is 0 Å². The fourth-order valence-electron chi connectivity index (χ4n) is 2.20. The van der Waals surface area contributed by atoms with Crippen molar-refractivity contribution >= 4 is 16.7 Å². The molecule has 0 aliphatic rings. The van der Waals surface area contributed by atoms with Crippen LogP contribution in [0.15, 0.2) is 60.8 Å². The molecule has 19 heavy (non-hydrogen) atoms. The Morgan fingerprint density at radius 2 is 1.84 bits per heavy atom. The number of carbonyl (C=O) groups excluding carboxylic acids is 1. The third kappa shape index (κ3) is 2.16. The lowest BCUT2D eigenvalue weighted by Crippen LogP contribution is -2.21. The van der Waals surface area contributed by atoms with Gasteiger partial charge in [0.05, 0.1) is 6.04 Å². The highest BCUT2D eigenvalue weighted by molar-refractivity contribution is 6.03. The SMILES string of the molecule is NC(C(=O)c1ccc2[nH]ccc2c1)c1ccccc1. The van der Waals surface area contributed by atoms with Gasteiger partial charge >= 0.3 is 0 Å². The molecule has 0 saturated carbocycles. The van der Waals surface area contributed by atoms with Gasteiger partial charge in [-0.3, -0.25) is 4.79 Å². The van der Waals surface area contributed by atoms with Gasteiger partial charge in [0.15, 0.2) is 5.78 Å². The van der Waals surface area contributed by atoms with Crippen LogP contribution in [0.4, 0.5) is 0 Å². The molecule has 2 aromatic carbocycles. The van der Waals surface area contributed by atoms with Crippen molar-refractivity contribution in [2.45, 2.75) is 6.04 Å². The standard InChI is InChI=1S/C16H14N2O/c17-15(11-4-2-1-3-5-11)16(19)13-6-7-14-12(10-13)8-9-18-14/h1-10,15,18H,17H2. The second-order valence-electron chi connectivity index (χ2n) is 4.53. The quantitative estimate of drug-likeness (QED) is 0.702. The van der Waals surface area contributed by atoms with Crippen molar-refractivity contribution in [3.8, 4) is 0 Å². The second-order valence-corrected chi connectivity index (χ2v) is 4.53. The number of rotatable bonds is 3. The van der Waals surface area contributed by atoms with Crippen LogP contribution in [0.3, 0.4) is 0 Å². The predicted octanol–water partition coefficient (Wildman–Crippen LogP) is 3.05. The molecule has 0 radical (unpaired) electrons. The molecule has 1 heterocycles. The number of H-pyrrole nitrogens is 1. The van der Waals surface area contributed by atoms with E-state index in [4.69, 9.17) is 5.73 Å². The number of aromatic nitrogens is 1. The van der Waals surface area contributed by atoms with E-state index in [-0.39, 0.29) is 5.78 Å². The molecule has 3 N–H and O–H groups in total. The maximum Gasteiger partial charge on any atom is 0.184 e. The number of fused-ring (bicyclic) bond motifs is 1. The zero-order valence-corrected chi connectivity index (χ0v) is 10.3. The monoisotopic (exact) mass is 250 g/mol. The molecule has 0 aliphatic carbocycles. The Labute approximate surface area is 111 Å². The van der Waals surface area contributed by atoms with E-state index in [9.17, 15) is 4.79 Å². The van der Waals surface area contributed by atoms with Gasteiger partial charge in [0.1, 0.15) is 0 Å². The lowest BCUT2D eigenvalue weighted by atomic mass is 9.97. The van der Waals surface area contributed by atoms with E-state index in [1.807, 2.05) is 60.8 Å². The lowest BCUT2D eigenvalue weighted by molar-refractivity contribution is 0.0961. The summed E-state index contributed by atoms with van der Waals surface area (Å²) >= 11 is 0. The maximum atomic E-state index is 12.4. The van der Waals surface area contributed by atoms with E-state index in [2.05, 4.69) is 4.98 Å². The molecule has 1 atom stereocenters. The minimum absolute atomic E-state index is 0.0608. The minimum atomic E-state index is -0.613. The van der Waals surface area contributed by atoms with E-state index >= 15 is 0 Å². The van der Waals surface area contributed by atoms with Crippen LogP contribution in [0.1, 0.15) is 22.0 Å². The topological polar surface area (TPSA) is 58.9 Å². The van der Waals surface area contributed by atoms with Crippen molar-refractivity contribution in [3.05, 3.63) is 71.9 Å². The molecule has 0 bridgehead atoms. The molecule has 0 aliphatic heterocycles. The number of carbonyl (C=O) groups is 1. The number of aromatic amines is 1. The largest absolute Gasteiger partial charge is 0.361 e. The Morgan fingerprint density at radius 1 is 1.05 bits per heavy atom. The third-order valence-electron chi connectivity index (χ3n) is 3.28. The third-order valence-corrected chi connectivity index (χ3v) is 3.28. The molecule has 0 saturated heterocycles. The summed E-state index contributed by atoms with van der Waals surface area (Å²) in [4.78, 5) is 15.5. The van der Waals surface area contributed by atoms with Gasteiger partial charge < -0.3 is 10.7 Å². The van der Waals surface area contributed by atoms with Crippen molar-refractivity contribution in [2.75, 3.05) is 0 Å². The van der Waals surface area contributed by atoms with Crippen molar-refractivity contribution in [2.24, 2.45) is 5.73 Å². The molecule has 94 valence electrons. The number of ketones is 1. The summed E-state index contributed by atoms with van der Waals surface area (Å²) in [5.41, 5.74) is 8.53. The van der Waals surface area contributed by atoms with E-state index in [0.717, 1.165) is 16.5 Å². The van der Waals surface area contributed by atoms with Gasteiger partial charge in [-0.25, -0.2) is 0 Å². The number of hydrogen-bond donors (Lipinski definition) is 2. The molecular weight excluding hydrogens is 236 g/mol. The van der Waals surface area contributed by atoms with Gasteiger partial charge in [-0.05, 0) is 29.8 Å². The van der Waals surface area contributed by atoms with Gasteiger partial charge in [0.2, 0.25) is 0 Å². The molecule has 0 amide bonds. The molecule has 0 spiro atoms. The highest BCUT2D eigenvalue weighted by Crippen LogP contribution is 2.19. The highest BCUT2D eigenvalue weighted by atomic mass is 16.1. The Kier molecular flexibility index (Phi) is 2.89. The molecule has 3 heteroatoms. The van der Waals surface area contributed by atoms with E-state index in [1.165, 1.54) is 0 Å². The molecule has 3 nitrogen and oxygen atoms in total. The molecule has 0 fully saturated rings. The van der Waals surface area contributed by atoms with E-state index in [0.29, 0.717) is 5.56 Å². The fourth-order valence-corrected chi connectivity index (χ4v) is 2.20. The van der Waals surface area contributed by atoms with Crippen LogP contribution < -0.4 is 5.73 Å². The van der Waals surface area contributed by atoms with Crippen LogP contribution in [0.5, 0.6) is 0 Å². The van der Waals surface area contributed by atoms with Crippen LogP contribution in [-0.4, -0.2) is 10.8 Å². The van der Waals surface area contributed by atoms with E-state index in [1.54, 1.807) is 0 Å². The highest BCUT2D eigenvalue weighted by Gasteiger charge is 2.17. The average molecular weight is 250 g/mol. The summed E-state index contributed by atoms with van der Waals surface area (Å²) in [5.74, 6) is -0.0608. The molecule has 3 rings (SSSR count). The van der Waals surface area contributed by atoms with Crippen molar-refractivity contribution in [1.82, 2.24) is 4.98 Å². The molecule has 3 aromatic rings. The summed E-state index contributed by atoms with van der Waals surface area (Å²) < 4.78 is 0. The van der Waals surface area contributed by atoms with Gasteiger partial charge in [-0.1, -0.05) is 30.3 Å². The zero-order chi connectivity index (χ0) is 13.2. The Morgan fingerprint density at radius 3 is 2.63 bits per heavy atom. The summed E-state index contributed by atoms with van der Waals surface area (Å²) in [7, 11) is 0. The molecule has 1 aromatic heterocycles. The molecule has 1 unspecified atom stereocenters. The first-order chi connectivity index (χ1) is 9.25. The number of nitrogens with one attached hydrogen (secondary N) is 1. The second kappa shape index (κ2) is 4.71.